The fourth-order valence-corrected chi connectivity index (χ4v) is 3.08. The minimum absolute atomic E-state index is 0.214. The van der Waals surface area contributed by atoms with Gasteiger partial charge in [-0.15, -0.1) is 0 Å². The number of aromatic nitrogens is 1. The van der Waals surface area contributed by atoms with Crippen LogP contribution in [0.25, 0.3) is 0 Å². The molecule has 1 amide bonds. The Balaban J connectivity index is 1.77. The maximum Gasteiger partial charge on any atom is 0.270 e. The first-order valence-electron chi connectivity index (χ1n) is 7.49. The lowest BCUT2D eigenvalue weighted by atomic mass is 10.0. The fourth-order valence-electron chi connectivity index (χ4n) is 3.08. The van der Waals surface area contributed by atoms with E-state index in [1.807, 2.05) is 12.1 Å². The van der Waals surface area contributed by atoms with Crippen LogP contribution in [0, 0.1) is 0 Å². The maximum atomic E-state index is 12.8. The third-order valence-electron chi connectivity index (χ3n) is 4.29. The van der Waals surface area contributed by atoms with E-state index in [1.165, 1.54) is 12.8 Å². The average molecular weight is 261 g/mol. The number of carbonyl (C=O) groups is 1. The van der Waals surface area contributed by atoms with Crippen molar-refractivity contribution in [3.05, 3.63) is 24.0 Å². The molecule has 19 heavy (non-hydrogen) atoms. The molecule has 0 spiro atoms. The molecule has 1 aliphatic carbocycles. The van der Waals surface area contributed by atoms with E-state index in [-0.39, 0.29) is 5.91 Å². The zero-order valence-electron chi connectivity index (χ0n) is 11.6. The molecule has 1 saturated heterocycles. The molecule has 3 rings (SSSR count). The highest BCUT2D eigenvalue weighted by Gasteiger charge is 2.30. The third-order valence-corrected chi connectivity index (χ3v) is 4.29. The Bertz CT molecular complexity index is 444. The lowest BCUT2D eigenvalue weighted by Gasteiger charge is -2.34. The molecule has 2 aliphatic rings. The lowest BCUT2D eigenvalue weighted by Crippen LogP contribution is -2.46. The van der Waals surface area contributed by atoms with E-state index in [1.54, 1.807) is 0 Å². The molecule has 4 heteroatoms. The van der Waals surface area contributed by atoms with Gasteiger partial charge in [-0.2, -0.15) is 0 Å². The zero-order valence-corrected chi connectivity index (χ0v) is 11.6. The van der Waals surface area contributed by atoms with Crippen molar-refractivity contribution in [1.82, 2.24) is 14.8 Å². The maximum absolute atomic E-state index is 12.8. The summed E-state index contributed by atoms with van der Waals surface area (Å²) in [5, 5.41) is 3.36. The van der Waals surface area contributed by atoms with Crippen molar-refractivity contribution in [3.8, 4) is 0 Å². The molecule has 104 valence electrons. The van der Waals surface area contributed by atoms with Crippen LogP contribution >= 0.6 is 0 Å². The number of nitrogens with one attached hydrogen (secondary N) is 1. The quantitative estimate of drug-likeness (QED) is 0.900. The smallest absolute Gasteiger partial charge is 0.270 e. The molecule has 1 aliphatic heterocycles. The van der Waals surface area contributed by atoms with Gasteiger partial charge >= 0.3 is 0 Å². The highest BCUT2D eigenvalue weighted by Crippen LogP contribution is 2.36. The number of rotatable bonds is 4. The largest absolute Gasteiger partial charge is 0.340 e. The number of hydrogen-bond donors (Lipinski definition) is 1. The Morgan fingerprint density at radius 2 is 2.11 bits per heavy atom. The summed E-state index contributed by atoms with van der Waals surface area (Å²) in [5.41, 5.74) is 0.878. The molecule has 0 unspecified atom stereocenters. The van der Waals surface area contributed by atoms with Crippen LogP contribution in [-0.4, -0.2) is 41.1 Å². The number of piperidine rings is 1. The van der Waals surface area contributed by atoms with Crippen LogP contribution in [0.5, 0.6) is 0 Å². The van der Waals surface area contributed by atoms with E-state index in [2.05, 4.69) is 27.9 Å². The highest BCUT2D eigenvalue weighted by atomic mass is 16.2. The second-order valence-corrected chi connectivity index (χ2v) is 5.60. The predicted octanol–water partition coefficient (Wildman–Crippen LogP) is 2.04. The molecule has 0 aromatic carbocycles. The van der Waals surface area contributed by atoms with E-state index in [9.17, 15) is 4.79 Å². The summed E-state index contributed by atoms with van der Waals surface area (Å²) >= 11 is 0. The Morgan fingerprint density at radius 3 is 2.74 bits per heavy atom. The zero-order chi connectivity index (χ0) is 13.2. The molecule has 1 saturated carbocycles. The molecule has 0 radical (unpaired) electrons. The summed E-state index contributed by atoms with van der Waals surface area (Å²) < 4.78 is 2.17. The van der Waals surface area contributed by atoms with Gasteiger partial charge in [0.1, 0.15) is 5.69 Å². The van der Waals surface area contributed by atoms with Gasteiger partial charge in [-0.3, -0.25) is 4.79 Å². The van der Waals surface area contributed by atoms with Crippen LogP contribution in [0.4, 0.5) is 0 Å². The van der Waals surface area contributed by atoms with Crippen LogP contribution in [0.3, 0.4) is 0 Å². The van der Waals surface area contributed by atoms with Gasteiger partial charge in [0.2, 0.25) is 0 Å². The first kappa shape index (κ1) is 12.7. The van der Waals surface area contributed by atoms with Crippen molar-refractivity contribution < 1.29 is 4.79 Å². The van der Waals surface area contributed by atoms with Crippen LogP contribution in [0.1, 0.15) is 49.1 Å². The van der Waals surface area contributed by atoms with Crippen molar-refractivity contribution in [2.75, 3.05) is 19.6 Å². The van der Waals surface area contributed by atoms with Gasteiger partial charge in [-0.05, 0) is 57.8 Å². The van der Waals surface area contributed by atoms with E-state index < -0.39 is 0 Å². The number of amides is 1. The summed E-state index contributed by atoms with van der Waals surface area (Å²) in [5.74, 6) is 0.214. The van der Waals surface area contributed by atoms with Gasteiger partial charge in [0, 0.05) is 24.8 Å². The van der Waals surface area contributed by atoms with Crippen LogP contribution in [0.2, 0.25) is 0 Å². The monoisotopic (exact) mass is 261 g/mol. The summed E-state index contributed by atoms with van der Waals surface area (Å²) in [6.45, 7) is 4.94. The van der Waals surface area contributed by atoms with E-state index in [0.717, 1.165) is 38.2 Å². The molecule has 0 atom stereocenters. The van der Waals surface area contributed by atoms with Crippen LogP contribution < -0.4 is 5.32 Å². The Morgan fingerprint density at radius 1 is 1.37 bits per heavy atom. The van der Waals surface area contributed by atoms with Crippen molar-refractivity contribution in [2.45, 2.75) is 44.7 Å². The second kappa shape index (κ2) is 5.37. The average Bonchev–Trinajstić information content (AvgIpc) is 3.18. The molecule has 2 fully saturated rings. The Labute approximate surface area is 114 Å². The van der Waals surface area contributed by atoms with Crippen LogP contribution in [-0.2, 0) is 0 Å². The second-order valence-electron chi connectivity index (χ2n) is 5.60. The standard InChI is InChI=1S/C15H23N3O/c1-2-17(13-7-9-16-10-8-13)15(19)14-4-3-11-18(14)12-5-6-12/h3-4,11-13,16H,2,5-10H2,1H3. The molecular weight excluding hydrogens is 238 g/mol. The SMILES string of the molecule is CCN(C(=O)c1cccn1C1CC1)C1CCNCC1. The Kier molecular flexibility index (Phi) is 3.60. The van der Waals surface area contributed by atoms with Gasteiger partial charge < -0.3 is 14.8 Å². The summed E-state index contributed by atoms with van der Waals surface area (Å²) in [6, 6.07) is 4.95. The predicted molar refractivity (Wildman–Crippen MR) is 75.3 cm³/mol. The van der Waals surface area contributed by atoms with E-state index in [4.69, 9.17) is 0 Å². The molecule has 2 heterocycles. The Hall–Kier alpha value is -1.29. The number of nitrogens with zero attached hydrogens (tertiary/aromatic N) is 2. The first-order chi connectivity index (χ1) is 9.31. The molecule has 0 bridgehead atoms. The molecule has 1 aromatic heterocycles. The van der Waals surface area contributed by atoms with E-state index in [0.29, 0.717) is 12.1 Å². The molecular formula is C15H23N3O. The van der Waals surface area contributed by atoms with E-state index >= 15 is 0 Å². The molecule has 1 aromatic rings. The molecule has 4 nitrogen and oxygen atoms in total. The fraction of sp³-hybridized carbons (Fsp3) is 0.667. The topological polar surface area (TPSA) is 37.3 Å². The lowest BCUT2D eigenvalue weighted by molar-refractivity contribution is 0.0645. The first-order valence-corrected chi connectivity index (χ1v) is 7.49. The van der Waals surface area contributed by atoms with Crippen molar-refractivity contribution >= 4 is 5.91 Å². The van der Waals surface area contributed by atoms with Crippen LogP contribution in [0.15, 0.2) is 18.3 Å². The van der Waals surface area contributed by atoms with Gasteiger partial charge in [-0.25, -0.2) is 0 Å². The summed E-state index contributed by atoms with van der Waals surface area (Å²) in [7, 11) is 0. The van der Waals surface area contributed by atoms with Gasteiger partial charge in [0.05, 0.1) is 0 Å². The number of hydrogen-bond acceptors (Lipinski definition) is 2. The number of carbonyl (C=O) groups excluding carboxylic acids is 1. The van der Waals surface area contributed by atoms with Gasteiger partial charge in [0.15, 0.2) is 0 Å². The summed E-state index contributed by atoms with van der Waals surface area (Å²) in [4.78, 5) is 14.8. The van der Waals surface area contributed by atoms with Crippen molar-refractivity contribution in [2.24, 2.45) is 0 Å². The summed E-state index contributed by atoms with van der Waals surface area (Å²) in [6.07, 6.45) is 6.64. The van der Waals surface area contributed by atoms with Gasteiger partial charge in [-0.1, -0.05) is 0 Å². The normalized spacial score (nSPS) is 20.5. The third kappa shape index (κ3) is 2.54. The highest BCUT2D eigenvalue weighted by molar-refractivity contribution is 5.93. The van der Waals surface area contributed by atoms with Crippen molar-refractivity contribution in [3.63, 3.8) is 0 Å². The van der Waals surface area contributed by atoms with Gasteiger partial charge in [0.25, 0.3) is 5.91 Å². The molecule has 1 N–H and O–H groups in total. The van der Waals surface area contributed by atoms with Crippen molar-refractivity contribution in [1.29, 1.82) is 0 Å². The minimum Gasteiger partial charge on any atom is -0.340 e. The minimum atomic E-state index is 0.214.